The lowest BCUT2D eigenvalue weighted by atomic mass is 9.98. The molecule has 24 heavy (non-hydrogen) atoms. The summed E-state index contributed by atoms with van der Waals surface area (Å²) in [5, 5.41) is 7.19. The Kier molecular flexibility index (Phi) is 5.59. The molecule has 1 atom stereocenters. The fourth-order valence-corrected chi connectivity index (χ4v) is 3.20. The van der Waals surface area contributed by atoms with Gasteiger partial charge in [-0.3, -0.25) is 14.4 Å². The van der Waals surface area contributed by atoms with E-state index in [1.54, 1.807) is 12.7 Å². The molecule has 0 spiro atoms. The lowest BCUT2D eigenvalue weighted by molar-refractivity contribution is -0.122. The number of carbonyl (C=O) groups excluding carboxylic acids is 1. The van der Waals surface area contributed by atoms with E-state index in [0.29, 0.717) is 19.0 Å². The van der Waals surface area contributed by atoms with Gasteiger partial charge in [0.05, 0.1) is 6.54 Å². The van der Waals surface area contributed by atoms with Crippen molar-refractivity contribution in [3.8, 4) is 0 Å². The molecule has 3 rings (SSSR count). The maximum Gasteiger partial charge on any atom is 0.234 e. The van der Waals surface area contributed by atoms with Gasteiger partial charge in [-0.15, -0.1) is 0 Å². The first kappa shape index (κ1) is 16.6. The Hall–Kier alpha value is -2.21. The van der Waals surface area contributed by atoms with E-state index in [2.05, 4.69) is 51.5 Å². The topological polar surface area (TPSA) is 63.1 Å². The van der Waals surface area contributed by atoms with Crippen molar-refractivity contribution >= 4 is 5.91 Å². The van der Waals surface area contributed by atoms with Crippen molar-refractivity contribution in [2.45, 2.75) is 32.9 Å². The molecule has 1 amide bonds. The Labute approximate surface area is 142 Å². The van der Waals surface area contributed by atoms with Crippen LogP contribution in [0.2, 0.25) is 0 Å². The van der Waals surface area contributed by atoms with Crippen molar-refractivity contribution in [1.82, 2.24) is 25.0 Å². The highest BCUT2D eigenvalue weighted by molar-refractivity contribution is 5.78. The molecule has 1 aliphatic heterocycles. The molecule has 128 valence electrons. The third-order valence-corrected chi connectivity index (χ3v) is 4.49. The SMILES string of the molecule is Cc1ccc(CNC(=O)CN2CCC[C@H](Cn3cncn3)C2)cc1. The van der Waals surface area contributed by atoms with Crippen LogP contribution in [0.3, 0.4) is 0 Å². The minimum absolute atomic E-state index is 0.0944. The zero-order valence-electron chi connectivity index (χ0n) is 14.2. The van der Waals surface area contributed by atoms with Crippen molar-refractivity contribution in [2.75, 3.05) is 19.6 Å². The van der Waals surface area contributed by atoms with E-state index < -0.39 is 0 Å². The molecular weight excluding hydrogens is 302 g/mol. The van der Waals surface area contributed by atoms with E-state index in [-0.39, 0.29) is 5.91 Å². The summed E-state index contributed by atoms with van der Waals surface area (Å²) in [6, 6.07) is 8.26. The highest BCUT2D eigenvalue weighted by atomic mass is 16.2. The van der Waals surface area contributed by atoms with Crippen molar-refractivity contribution < 1.29 is 4.79 Å². The standard InChI is InChI=1S/C18H25N5O/c1-15-4-6-16(7-5-15)9-20-18(24)12-22-8-2-3-17(10-22)11-23-14-19-13-21-23/h4-7,13-14,17H,2-3,8-12H2,1H3,(H,20,24)/t17-/m0/s1. The summed E-state index contributed by atoms with van der Waals surface area (Å²) >= 11 is 0. The molecule has 0 bridgehead atoms. The van der Waals surface area contributed by atoms with E-state index in [1.807, 2.05) is 4.68 Å². The first-order chi connectivity index (χ1) is 11.7. The van der Waals surface area contributed by atoms with Crippen molar-refractivity contribution in [3.63, 3.8) is 0 Å². The normalized spacial score (nSPS) is 18.5. The summed E-state index contributed by atoms with van der Waals surface area (Å²) < 4.78 is 1.88. The predicted molar refractivity (Wildman–Crippen MR) is 92.2 cm³/mol. The minimum atomic E-state index is 0.0944. The van der Waals surface area contributed by atoms with Crippen molar-refractivity contribution in [2.24, 2.45) is 5.92 Å². The van der Waals surface area contributed by atoms with Gasteiger partial charge in [0, 0.05) is 19.6 Å². The number of nitrogens with one attached hydrogen (secondary N) is 1. The van der Waals surface area contributed by atoms with Crippen LogP contribution < -0.4 is 5.32 Å². The Balaban J connectivity index is 1.42. The lowest BCUT2D eigenvalue weighted by Gasteiger charge is -2.32. The number of aromatic nitrogens is 3. The van der Waals surface area contributed by atoms with Gasteiger partial charge >= 0.3 is 0 Å². The Morgan fingerprint density at radius 1 is 1.33 bits per heavy atom. The highest BCUT2D eigenvalue weighted by Gasteiger charge is 2.22. The highest BCUT2D eigenvalue weighted by Crippen LogP contribution is 2.17. The van der Waals surface area contributed by atoms with Crippen molar-refractivity contribution in [1.29, 1.82) is 0 Å². The van der Waals surface area contributed by atoms with Crippen LogP contribution in [0, 0.1) is 12.8 Å². The smallest absolute Gasteiger partial charge is 0.234 e. The van der Waals surface area contributed by atoms with Gasteiger partial charge in [0.2, 0.25) is 5.91 Å². The molecule has 1 N–H and O–H groups in total. The van der Waals surface area contributed by atoms with Crippen LogP contribution in [0.5, 0.6) is 0 Å². The molecule has 1 aromatic carbocycles. The maximum atomic E-state index is 12.2. The molecular formula is C18H25N5O. The first-order valence-electron chi connectivity index (χ1n) is 8.56. The number of piperidine rings is 1. The van der Waals surface area contributed by atoms with Crippen LogP contribution in [-0.4, -0.2) is 45.2 Å². The molecule has 0 radical (unpaired) electrons. The summed E-state index contributed by atoms with van der Waals surface area (Å²) in [6.07, 6.45) is 5.64. The second-order valence-corrected chi connectivity index (χ2v) is 6.62. The third kappa shape index (κ3) is 4.89. The number of hydrogen-bond donors (Lipinski definition) is 1. The quantitative estimate of drug-likeness (QED) is 0.876. The number of likely N-dealkylation sites (tertiary alicyclic amines) is 1. The first-order valence-corrected chi connectivity index (χ1v) is 8.56. The molecule has 2 heterocycles. The predicted octanol–water partition coefficient (Wildman–Crippen LogP) is 1.61. The van der Waals surface area contributed by atoms with Crippen LogP contribution in [0.15, 0.2) is 36.9 Å². The van der Waals surface area contributed by atoms with Crippen LogP contribution in [0.1, 0.15) is 24.0 Å². The van der Waals surface area contributed by atoms with Crippen LogP contribution in [0.4, 0.5) is 0 Å². The number of benzene rings is 1. The van der Waals surface area contributed by atoms with Gasteiger partial charge in [0.25, 0.3) is 0 Å². The molecule has 6 nitrogen and oxygen atoms in total. The fraction of sp³-hybridized carbons (Fsp3) is 0.500. The summed E-state index contributed by atoms with van der Waals surface area (Å²) in [4.78, 5) is 18.4. The zero-order chi connectivity index (χ0) is 16.8. The zero-order valence-corrected chi connectivity index (χ0v) is 14.2. The van der Waals surface area contributed by atoms with Gasteiger partial charge in [0.1, 0.15) is 12.7 Å². The molecule has 1 aliphatic rings. The largest absolute Gasteiger partial charge is 0.351 e. The summed E-state index contributed by atoms with van der Waals surface area (Å²) in [6.45, 7) is 5.94. The average molecular weight is 327 g/mol. The Morgan fingerprint density at radius 3 is 2.92 bits per heavy atom. The van der Waals surface area contributed by atoms with Gasteiger partial charge in [-0.05, 0) is 37.8 Å². The van der Waals surface area contributed by atoms with Gasteiger partial charge < -0.3 is 5.32 Å². The van der Waals surface area contributed by atoms with E-state index in [4.69, 9.17) is 0 Å². The van der Waals surface area contributed by atoms with Gasteiger partial charge in [0.15, 0.2) is 0 Å². The number of hydrogen-bond acceptors (Lipinski definition) is 4. The summed E-state index contributed by atoms with van der Waals surface area (Å²) in [5.74, 6) is 0.627. The molecule has 1 aromatic heterocycles. The monoisotopic (exact) mass is 327 g/mol. The van der Waals surface area contributed by atoms with Gasteiger partial charge in [-0.2, -0.15) is 5.10 Å². The molecule has 0 aliphatic carbocycles. The number of nitrogens with zero attached hydrogens (tertiary/aromatic N) is 4. The minimum Gasteiger partial charge on any atom is -0.351 e. The second kappa shape index (κ2) is 8.06. The van der Waals surface area contributed by atoms with E-state index in [0.717, 1.165) is 31.6 Å². The van der Waals surface area contributed by atoms with E-state index in [9.17, 15) is 4.79 Å². The van der Waals surface area contributed by atoms with Crippen molar-refractivity contribution in [3.05, 3.63) is 48.0 Å². The molecule has 6 heteroatoms. The molecule has 0 saturated carbocycles. The molecule has 2 aromatic rings. The van der Waals surface area contributed by atoms with Crippen LogP contribution >= 0.6 is 0 Å². The third-order valence-electron chi connectivity index (χ3n) is 4.49. The Bertz CT molecular complexity index is 638. The van der Waals surface area contributed by atoms with Gasteiger partial charge in [-0.1, -0.05) is 29.8 Å². The number of aryl methyl sites for hydroxylation is 1. The lowest BCUT2D eigenvalue weighted by Crippen LogP contribution is -2.43. The summed E-state index contributed by atoms with van der Waals surface area (Å²) in [7, 11) is 0. The van der Waals surface area contributed by atoms with Crippen LogP contribution in [0.25, 0.3) is 0 Å². The summed E-state index contributed by atoms with van der Waals surface area (Å²) in [5.41, 5.74) is 2.37. The van der Waals surface area contributed by atoms with E-state index >= 15 is 0 Å². The molecule has 1 fully saturated rings. The number of rotatable bonds is 6. The van der Waals surface area contributed by atoms with Crippen LogP contribution in [-0.2, 0) is 17.9 Å². The number of amides is 1. The second-order valence-electron chi connectivity index (χ2n) is 6.62. The van der Waals surface area contributed by atoms with E-state index in [1.165, 1.54) is 12.0 Å². The van der Waals surface area contributed by atoms with Gasteiger partial charge in [-0.25, -0.2) is 4.98 Å². The Morgan fingerprint density at radius 2 is 2.17 bits per heavy atom. The fourth-order valence-electron chi connectivity index (χ4n) is 3.20. The number of carbonyl (C=O) groups is 1. The average Bonchev–Trinajstić information content (AvgIpc) is 3.08. The molecule has 1 saturated heterocycles. The maximum absolute atomic E-state index is 12.2. The molecule has 0 unspecified atom stereocenters.